The number of nitrogens with zero attached hydrogens (tertiary/aromatic N) is 1. The molecule has 1 aliphatic heterocycles. The van der Waals surface area contributed by atoms with Crippen molar-refractivity contribution in [1.29, 1.82) is 0 Å². The number of aliphatic imine (C=N–C) groups is 1. The van der Waals surface area contributed by atoms with E-state index in [0.29, 0.717) is 31.1 Å². The molecule has 0 fully saturated rings. The molecular formula is C24H37NO2S. The third kappa shape index (κ3) is 7.27. The Morgan fingerprint density at radius 3 is 2.89 bits per heavy atom. The van der Waals surface area contributed by atoms with Crippen LogP contribution in [-0.4, -0.2) is 30.5 Å². The van der Waals surface area contributed by atoms with Crippen LogP contribution >= 0.6 is 11.8 Å². The summed E-state index contributed by atoms with van der Waals surface area (Å²) in [5, 5.41) is 0. The minimum atomic E-state index is -1.03. The maximum Gasteiger partial charge on any atom is 0.306 e. The van der Waals surface area contributed by atoms with Crippen molar-refractivity contribution in [2.24, 2.45) is 16.3 Å². The molecule has 0 N–H and O–H groups in total. The summed E-state index contributed by atoms with van der Waals surface area (Å²) in [4.78, 5) is 17.5. The van der Waals surface area contributed by atoms with Gasteiger partial charge in [-0.25, -0.2) is 0 Å². The number of carbonyl (C=O) groups excluding carboxylic acids is 1. The van der Waals surface area contributed by atoms with Gasteiger partial charge >= 0.3 is 5.97 Å². The van der Waals surface area contributed by atoms with Crippen LogP contribution < -0.4 is 0 Å². The fraction of sp³-hybridized carbons (Fsp3) is 0.667. The number of thioether (sulfide) groups is 1. The quantitative estimate of drug-likeness (QED) is 0.338. The summed E-state index contributed by atoms with van der Waals surface area (Å²) >= 11 is 1.62. The Labute approximate surface area is 178 Å². The molecule has 0 saturated heterocycles. The molecule has 0 radical (unpaired) electrons. The number of hydrogen-bond acceptors (Lipinski definition) is 4. The Morgan fingerprint density at radius 2 is 2.21 bits per heavy atom. The second-order valence-corrected chi connectivity index (χ2v) is 9.78. The molecule has 0 aliphatic carbocycles. The van der Waals surface area contributed by atoms with E-state index in [1.54, 1.807) is 11.8 Å². The van der Waals surface area contributed by atoms with Crippen LogP contribution in [0.1, 0.15) is 80.6 Å². The van der Waals surface area contributed by atoms with Gasteiger partial charge in [-0.15, -0.1) is 11.8 Å². The van der Waals surface area contributed by atoms with Crippen LogP contribution in [0.3, 0.4) is 0 Å². The number of rotatable bonds is 10. The average molecular weight is 406 g/mol. The SMILES string of the molecule is [2H]C1=NC([2H])(C(C)(C)C)Cc2cc(SCCC(=O)OCC(CC)CCCC)ccc21. The van der Waals surface area contributed by atoms with E-state index in [0.717, 1.165) is 28.9 Å². The van der Waals surface area contributed by atoms with E-state index in [1.807, 2.05) is 32.9 Å². The number of ether oxygens (including phenoxy) is 1. The molecule has 3 nitrogen and oxygen atoms in total. The van der Waals surface area contributed by atoms with Gasteiger partial charge in [0.25, 0.3) is 0 Å². The minimum absolute atomic E-state index is 0.131. The van der Waals surface area contributed by atoms with E-state index in [4.69, 9.17) is 7.48 Å². The molecule has 1 aliphatic rings. The second kappa shape index (κ2) is 11.0. The first-order valence-electron chi connectivity index (χ1n) is 11.6. The molecule has 2 atom stereocenters. The average Bonchev–Trinajstić information content (AvgIpc) is 2.67. The van der Waals surface area contributed by atoms with Crippen molar-refractivity contribution in [3.05, 3.63) is 29.3 Å². The molecule has 0 bridgehead atoms. The first-order valence-corrected chi connectivity index (χ1v) is 11.6. The lowest BCUT2D eigenvalue weighted by atomic mass is 9.81. The maximum absolute atomic E-state index is 12.1. The Balaban J connectivity index is 1.89. The zero-order chi connectivity index (χ0) is 22.4. The third-order valence-corrected chi connectivity index (χ3v) is 6.21. The van der Waals surface area contributed by atoms with Crippen molar-refractivity contribution < 1.29 is 12.3 Å². The van der Waals surface area contributed by atoms with Crippen LogP contribution in [0.2, 0.25) is 0 Å². The van der Waals surface area contributed by atoms with Crippen molar-refractivity contribution in [3.8, 4) is 0 Å². The lowest BCUT2D eigenvalue weighted by Gasteiger charge is -2.30. The molecular weight excluding hydrogens is 366 g/mol. The van der Waals surface area contributed by atoms with Crippen molar-refractivity contribution in [2.75, 3.05) is 12.4 Å². The summed E-state index contributed by atoms with van der Waals surface area (Å²) < 4.78 is 22.5. The van der Waals surface area contributed by atoms with Crippen LogP contribution in [0, 0.1) is 11.3 Å². The van der Waals surface area contributed by atoms with E-state index < -0.39 is 6.02 Å². The minimum Gasteiger partial charge on any atom is -0.465 e. The Kier molecular flexibility index (Phi) is 7.89. The highest BCUT2D eigenvalue weighted by Crippen LogP contribution is 2.31. The molecule has 0 spiro atoms. The van der Waals surface area contributed by atoms with Crippen LogP contribution in [-0.2, 0) is 16.0 Å². The highest BCUT2D eigenvalue weighted by molar-refractivity contribution is 7.99. The topological polar surface area (TPSA) is 38.7 Å². The zero-order valence-electron chi connectivity index (χ0n) is 20.1. The van der Waals surface area contributed by atoms with Crippen LogP contribution in [0.5, 0.6) is 0 Å². The zero-order valence-corrected chi connectivity index (χ0v) is 19.0. The van der Waals surface area contributed by atoms with Gasteiger partial charge in [-0.1, -0.05) is 59.9 Å². The summed E-state index contributed by atoms with van der Waals surface area (Å²) in [6.45, 7) is 10.9. The molecule has 4 heteroatoms. The highest BCUT2D eigenvalue weighted by Gasteiger charge is 2.26. The molecule has 0 amide bonds. The van der Waals surface area contributed by atoms with E-state index >= 15 is 0 Å². The number of carbonyl (C=O) groups is 1. The van der Waals surface area contributed by atoms with Gasteiger partial charge in [0.1, 0.15) is 0 Å². The van der Waals surface area contributed by atoms with Gasteiger partial charge < -0.3 is 4.74 Å². The van der Waals surface area contributed by atoms with Crippen LogP contribution in [0.4, 0.5) is 0 Å². The monoisotopic (exact) mass is 405 g/mol. The normalized spacial score (nSPS) is 21.2. The largest absolute Gasteiger partial charge is 0.465 e. The molecule has 2 unspecified atom stereocenters. The van der Waals surface area contributed by atoms with Gasteiger partial charge in [0.15, 0.2) is 0 Å². The van der Waals surface area contributed by atoms with Gasteiger partial charge in [0.05, 0.1) is 21.8 Å². The Bertz CT molecular complexity index is 760. The summed E-state index contributed by atoms with van der Waals surface area (Å²) in [6.07, 6.45) is 5.61. The van der Waals surface area contributed by atoms with Gasteiger partial charge in [0.2, 0.25) is 0 Å². The fourth-order valence-corrected chi connectivity index (χ4v) is 4.02. The Hall–Kier alpha value is -1.29. The van der Waals surface area contributed by atoms with E-state index in [1.165, 1.54) is 12.8 Å². The van der Waals surface area contributed by atoms with Crippen molar-refractivity contribution in [3.63, 3.8) is 0 Å². The molecule has 1 heterocycles. The maximum atomic E-state index is 12.1. The van der Waals surface area contributed by atoms with Crippen molar-refractivity contribution >= 4 is 23.9 Å². The lowest BCUT2D eigenvalue weighted by Crippen LogP contribution is -2.29. The van der Waals surface area contributed by atoms with Gasteiger partial charge in [0, 0.05) is 16.8 Å². The highest BCUT2D eigenvalue weighted by atomic mass is 32.2. The van der Waals surface area contributed by atoms with Gasteiger partial charge in [-0.3, -0.25) is 9.79 Å². The number of benzene rings is 1. The molecule has 156 valence electrons. The first-order chi connectivity index (χ1) is 14.1. The number of hydrogen-bond donors (Lipinski definition) is 0. The summed E-state index contributed by atoms with van der Waals surface area (Å²) in [5.41, 5.74) is 1.45. The predicted octanol–water partition coefficient (Wildman–Crippen LogP) is 6.32. The van der Waals surface area contributed by atoms with E-state index in [-0.39, 0.29) is 17.6 Å². The first kappa shape index (κ1) is 20.0. The van der Waals surface area contributed by atoms with Crippen molar-refractivity contribution in [1.82, 2.24) is 0 Å². The van der Waals surface area contributed by atoms with Crippen LogP contribution in [0.25, 0.3) is 0 Å². The predicted molar refractivity (Wildman–Crippen MR) is 121 cm³/mol. The molecule has 0 aromatic heterocycles. The smallest absolute Gasteiger partial charge is 0.306 e. The summed E-state index contributed by atoms with van der Waals surface area (Å²) in [6, 6.07) is 4.92. The number of esters is 1. The molecule has 28 heavy (non-hydrogen) atoms. The summed E-state index contributed by atoms with van der Waals surface area (Å²) in [7, 11) is 0. The van der Waals surface area contributed by atoms with Gasteiger partial charge in [-0.2, -0.15) is 0 Å². The van der Waals surface area contributed by atoms with E-state index in [9.17, 15) is 4.79 Å². The van der Waals surface area contributed by atoms with Gasteiger partial charge in [-0.05, 0) is 47.4 Å². The number of fused-ring (bicyclic) bond motifs is 1. The molecule has 1 aromatic carbocycles. The third-order valence-electron chi connectivity index (χ3n) is 5.21. The molecule has 1 aromatic rings. The standard InChI is InChI=1S/C24H37NO2S/c1-6-8-9-18(7-2)17-27-23(26)12-13-28-21-11-10-19-16-25-22(24(3,4)5)15-20(19)14-21/h10-11,14,16,18,22H,6-9,12-13,15,17H2,1-5H3/i16D,22D. The molecule has 2 rings (SSSR count). The second-order valence-electron chi connectivity index (χ2n) is 8.61. The number of unbranched alkanes of at least 4 members (excludes halogenated alkanes) is 1. The molecule has 0 saturated carbocycles. The summed E-state index contributed by atoms with van der Waals surface area (Å²) in [5.74, 6) is 1.00. The van der Waals surface area contributed by atoms with E-state index in [2.05, 4.69) is 24.9 Å². The van der Waals surface area contributed by atoms with Crippen molar-refractivity contribution in [2.45, 2.75) is 84.1 Å². The Morgan fingerprint density at radius 1 is 1.43 bits per heavy atom. The lowest BCUT2D eigenvalue weighted by molar-refractivity contribution is -0.144. The fourth-order valence-electron chi connectivity index (χ4n) is 3.13. The van der Waals surface area contributed by atoms with Crippen LogP contribution in [0.15, 0.2) is 28.1 Å².